The van der Waals surface area contributed by atoms with Gasteiger partial charge in [-0.3, -0.25) is 4.79 Å². The van der Waals surface area contributed by atoms with Crippen LogP contribution in [0.1, 0.15) is 32.1 Å². The lowest BCUT2D eigenvalue weighted by Gasteiger charge is -2.34. The molecule has 1 saturated carbocycles. The molecule has 1 heterocycles. The second-order valence-electron chi connectivity index (χ2n) is 5.79. The van der Waals surface area contributed by atoms with Gasteiger partial charge < -0.3 is 10.0 Å². The van der Waals surface area contributed by atoms with Crippen molar-refractivity contribution >= 4 is 16.2 Å². The highest BCUT2D eigenvalue weighted by atomic mass is 32.2. The Kier molecular flexibility index (Phi) is 4.55. The topological polar surface area (TPSA) is 90.0 Å². The second-order valence-corrected chi connectivity index (χ2v) is 7.42. The van der Waals surface area contributed by atoms with Crippen molar-refractivity contribution in [1.82, 2.24) is 13.9 Å². The van der Waals surface area contributed by atoms with Gasteiger partial charge in [0.25, 0.3) is 0 Å². The van der Waals surface area contributed by atoms with E-state index in [-0.39, 0.29) is 12.8 Å². The molecule has 1 aliphatic heterocycles. The van der Waals surface area contributed by atoms with Crippen LogP contribution >= 0.6 is 0 Å². The van der Waals surface area contributed by atoms with E-state index in [1.165, 1.54) is 0 Å². The number of alkyl halides is 3. The summed E-state index contributed by atoms with van der Waals surface area (Å²) in [5, 5.41) is 9.38. The molecule has 0 aromatic carbocycles. The minimum atomic E-state index is -4.69. The molecule has 7 nitrogen and oxygen atoms in total. The third-order valence-corrected chi connectivity index (χ3v) is 5.56. The zero-order valence-electron chi connectivity index (χ0n) is 12.4. The number of carboxylic acid groups (broad SMARTS) is 1. The standard InChI is InChI=1S/C12H18F3N3O4S/c1-17-8-18(7-9(17)12(13,14)15)23(21,22)16-11(10(19)20)5-3-2-4-6-11/h7,16H,2-6,8H2,1H3,(H,19,20). The van der Waals surface area contributed by atoms with E-state index in [1.807, 2.05) is 0 Å². The van der Waals surface area contributed by atoms with Gasteiger partial charge in [0.05, 0.1) is 0 Å². The van der Waals surface area contributed by atoms with Crippen LogP contribution in [0.25, 0.3) is 0 Å². The Morgan fingerprint density at radius 2 is 1.87 bits per heavy atom. The maximum atomic E-state index is 12.8. The van der Waals surface area contributed by atoms with Crippen LogP contribution in [0.15, 0.2) is 11.9 Å². The molecule has 0 unspecified atom stereocenters. The first-order chi connectivity index (χ1) is 10.5. The summed E-state index contributed by atoms with van der Waals surface area (Å²) in [6.45, 7) is -0.528. The van der Waals surface area contributed by atoms with Crippen molar-refractivity contribution in [3.8, 4) is 0 Å². The van der Waals surface area contributed by atoms with Gasteiger partial charge in [0, 0.05) is 13.2 Å². The van der Waals surface area contributed by atoms with Crippen molar-refractivity contribution in [2.45, 2.75) is 43.8 Å². The summed E-state index contributed by atoms with van der Waals surface area (Å²) < 4.78 is 65.6. The number of allylic oxidation sites excluding steroid dienone is 1. The van der Waals surface area contributed by atoms with E-state index >= 15 is 0 Å². The largest absolute Gasteiger partial charge is 0.480 e. The summed E-state index contributed by atoms with van der Waals surface area (Å²) >= 11 is 0. The molecule has 0 spiro atoms. The first-order valence-electron chi connectivity index (χ1n) is 7.02. The summed E-state index contributed by atoms with van der Waals surface area (Å²) in [4.78, 5) is 12.2. The number of nitrogens with one attached hydrogen (secondary N) is 1. The van der Waals surface area contributed by atoms with Crippen molar-refractivity contribution in [3.63, 3.8) is 0 Å². The molecule has 0 atom stereocenters. The summed E-state index contributed by atoms with van der Waals surface area (Å²) in [5.74, 6) is -1.31. The van der Waals surface area contributed by atoms with Crippen LogP contribution in [-0.2, 0) is 15.0 Å². The molecular formula is C12H18F3N3O4S. The van der Waals surface area contributed by atoms with E-state index in [9.17, 15) is 31.5 Å². The highest BCUT2D eigenvalue weighted by Crippen LogP contribution is 2.34. The third-order valence-electron chi connectivity index (χ3n) is 4.07. The van der Waals surface area contributed by atoms with Crippen molar-refractivity contribution in [2.75, 3.05) is 13.7 Å². The molecule has 0 saturated heterocycles. The van der Waals surface area contributed by atoms with E-state index < -0.39 is 40.3 Å². The van der Waals surface area contributed by atoms with Crippen LogP contribution in [0.3, 0.4) is 0 Å². The van der Waals surface area contributed by atoms with Crippen molar-refractivity contribution in [2.24, 2.45) is 0 Å². The summed E-state index contributed by atoms with van der Waals surface area (Å²) in [6.07, 6.45) is -2.12. The van der Waals surface area contributed by atoms with E-state index in [4.69, 9.17) is 0 Å². The molecule has 23 heavy (non-hydrogen) atoms. The average Bonchev–Trinajstić information content (AvgIpc) is 2.82. The molecule has 0 aromatic rings. The molecule has 2 aliphatic rings. The van der Waals surface area contributed by atoms with Crippen LogP contribution in [0, 0.1) is 0 Å². The number of carbonyl (C=O) groups is 1. The lowest BCUT2D eigenvalue weighted by Crippen LogP contribution is -2.58. The lowest BCUT2D eigenvalue weighted by molar-refractivity contribution is -0.145. The predicted octanol–water partition coefficient (Wildman–Crippen LogP) is 1.22. The number of hydrogen-bond donors (Lipinski definition) is 2. The molecule has 132 valence electrons. The van der Waals surface area contributed by atoms with Crippen molar-refractivity contribution in [1.29, 1.82) is 0 Å². The Morgan fingerprint density at radius 3 is 2.30 bits per heavy atom. The highest BCUT2D eigenvalue weighted by molar-refractivity contribution is 7.87. The number of aliphatic carboxylic acids is 1. The van der Waals surface area contributed by atoms with Gasteiger partial charge in [-0.05, 0) is 12.8 Å². The van der Waals surface area contributed by atoms with Crippen LogP contribution < -0.4 is 4.72 Å². The molecular weight excluding hydrogens is 339 g/mol. The fourth-order valence-corrected chi connectivity index (χ4v) is 4.28. The second kappa shape index (κ2) is 5.86. The molecule has 2 N–H and O–H groups in total. The smallest absolute Gasteiger partial charge is 0.432 e. The Balaban J connectivity index is 2.25. The molecule has 11 heteroatoms. The zero-order valence-corrected chi connectivity index (χ0v) is 13.2. The molecule has 0 aromatic heterocycles. The Morgan fingerprint density at radius 1 is 1.30 bits per heavy atom. The van der Waals surface area contributed by atoms with E-state index in [0.717, 1.165) is 18.4 Å². The zero-order chi connectivity index (χ0) is 17.5. The molecule has 1 aliphatic carbocycles. The first-order valence-corrected chi connectivity index (χ1v) is 8.46. The average molecular weight is 357 g/mol. The molecule has 0 bridgehead atoms. The predicted molar refractivity (Wildman–Crippen MR) is 74.1 cm³/mol. The van der Waals surface area contributed by atoms with Gasteiger partial charge in [-0.25, -0.2) is 4.31 Å². The normalized spacial score (nSPS) is 22.2. The van der Waals surface area contributed by atoms with Crippen molar-refractivity contribution < 1.29 is 31.5 Å². The van der Waals surface area contributed by atoms with Gasteiger partial charge in [0.15, 0.2) is 0 Å². The SMILES string of the molecule is CN1CN(S(=O)(=O)NC2(C(=O)O)CCCCC2)C=C1C(F)(F)F. The Bertz CT molecular complexity index is 612. The van der Waals surface area contributed by atoms with Crippen LogP contribution in [-0.4, -0.2) is 54.1 Å². The van der Waals surface area contributed by atoms with E-state index in [1.54, 1.807) is 0 Å². The third kappa shape index (κ3) is 3.55. The summed E-state index contributed by atoms with van der Waals surface area (Å²) in [7, 11) is -3.29. The maximum Gasteiger partial charge on any atom is 0.432 e. The molecule has 0 amide bonds. The molecule has 2 rings (SSSR count). The minimum absolute atomic E-state index is 0.112. The molecule has 1 fully saturated rings. The highest BCUT2D eigenvalue weighted by Gasteiger charge is 2.47. The quantitative estimate of drug-likeness (QED) is 0.790. The summed E-state index contributed by atoms with van der Waals surface area (Å²) in [6, 6.07) is 0. The van der Waals surface area contributed by atoms with Gasteiger partial charge in [0.2, 0.25) is 0 Å². The number of halogens is 3. The summed E-state index contributed by atoms with van der Waals surface area (Å²) in [5.41, 5.74) is -2.76. The molecule has 0 radical (unpaired) electrons. The maximum absolute atomic E-state index is 12.8. The van der Waals surface area contributed by atoms with E-state index in [0.29, 0.717) is 23.3 Å². The Labute approximate surface area is 131 Å². The number of carboxylic acids is 1. The van der Waals surface area contributed by atoms with Crippen molar-refractivity contribution in [3.05, 3.63) is 11.9 Å². The van der Waals surface area contributed by atoms with Gasteiger partial charge in [-0.15, -0.1) is 0 Å². The lowest BCUT2D eigenvalue weighted by atomic mass is 9.83. The number of rotatable bonds is 4. The Hall–Kier alpha value is -1.49. The van der Waals surface area contributed by atoms with Gasteiger partial charge in [-0.1, -0.05) is 19.3 Å². The monoisotopic (exact) mass is 357 g/mol. The minimum Gasteiger partial charge on any atom is -0.480 e. The fourth-order valence-electron chi connectivity index (χ4n) is 2.82. The van der Waals surface area contributed by atoms with Crippen LogP contribution in [0.2, 0.25) is 0 Å². The fraction of sp³-hybridized carbons (Fsp3) is 0.750. The van der Waals surface area contributed by atoms with Gasteiger partial charge in [-0.2, -0.15) is 26.3 Å². The van der Waals surface area contributed by atoms with Gasteiger partial charge in [0.1, 0.15) is 17.9 Å². The number of nitrogens with zero attached hydrogens (tertiary/aromatic N) is 2. The first kappa shape index (κ1) is 17.9. The van der Waals surface area contributed by atoms with Gasteiger partial charge >= 0.3 is 22.4 Å². The van der Waals surface area contributed by atoms with Crippen LogP contribution in [0.4, 0.5) is 13.2 Å². The van der Waals surface area contributed by atoms with E-state index in [2.05, 4.69) is 4.72 Å². The van der Waals surface area contributed by atoms with Crippen LogP contribution in [0.5, 0.6) is 0 Å². The number of hydrogen-bond acceptors (Lipinski definition) is 4.